The maximum atomic E-state index is 11.6. The standard InChI is InChI=1S/C13H13NO5/c1-9(15)7-10(2)19-13(16)8-11-5-3-4-6-12(11)14(17)18/h3-7H,8H2,1-2H3. The van der Waals surface area contributed by atoms with Crippen LogP contribution in [0, 0.1) is 10.1 Å². The van der Waals surface area contributed by atoms with Gasteiger partial charge in [-0.2, -0.15) is 0 Å². The molecule has 100 valence electrons. The third kappa shape index (κ3) is 4.71. The zero-order chi connectivity index (χ0) is 14.4. The lowest BCUT2D eigenvalue weighted by Gasteiger charge is -2.04. The van der Waals surface area contributed by atoms with Crippen LogP contribution in [0.5, 0.6) is 0 Å². The molecule has 6 heteroatoms. The maximum absolute atomic E-state index is 11.6. The van der Waals surface area contributed by atoms with E-state index in [0.717, 1.165) is 0 Å². The van der Waals surface area contributed by atoms with Gasteiger partial charge in [-0.1, -0.05) is 18.2 Å². The summed E-state index contributed by atoms with van der Waals surface area (Å²) in [5, 5.41) is 10.8. The molecular weight excluding hydrogens is 250 g/mol. The summed E-state index contributed by atoms with van der Waals surface area (Å²) in [6.07, 6.45) is 0.956. The number of ketones is 1. The van der Waals surface area contributed by atoms with Gasteiger partial charge in [0.15, 0.2) is 5.78 Å². The second-order valence-electron chi connectivity index (χ2n) is 3.90. The van der Waals surface area contributed by atoms with Gasteiger partial charge in [-0.3, -0.25) is 19.7 Å². The number of allylic oxidation sites excluding steroid dienone is 2. The van der Waals surface area contributed by atoms with Gasteiger partial charge < -0.3 is 4.74 Å². The summed E-state index contributed by atoms with van der Waals surface area (Å²) < 4.78 is 4.88. The van der Waals surface area contributed by atoms with Gasteiger partial charge in [-0.15, -0.1) is 0 Å². The van der Waals surface area contributed by atoms with Crippen LogP contribution in [0.4, 0.5) is 5.69 Å². The molecule has 0 aliphatic rings. The van der Waals surface area contributed by atoms with E-state index >= 15 is 0 Å². The molecule has 1 aromatic carbocycles. The summed E-state index contributed by atoms with van der Waals surface area (Å²) >= 11 is 0. The van der Waals surface area contributed by atoms with E-state index in [2.05, 4.69) is 0 Å². The largest absolute Gasteiger partial charge is 0.431 e. The van der Waals surface area contributed by atoms with Gasteiger partial charge in [-0.05, 0) is 13.8 Å². The van der Waals surface area contributed by atoms with Crippen LogP contribution in [0.1, 0.15) is 19.4 Å². The minimum absolute atomic E-state index is 0.132. The number of nitro groups is 1. The van der Waals surface area contributed by atoms with E-state index < -0.39 is 10.9 Å². The molecule has 0 amide bonds. The molecule has 0 atom stereocenters. The van der Waals surface area contributed by atoms with E-state index in [1.165, 1.54) is 38.1 Å². The van der Waals surface area contributed by atoms with Crippen LogP contribution < -0.4 is 0 Å². The summed E-state index contributed by atoms with van der Waals surface area (Å²) in [6, 6.07) is 5.94. The molecule has 19 heavy (non-hydrogen) atoms. The zero-order valence-electron chi connectivity index (χ0n) is 10.6. The minimum atomic E-state index is -0.649. The number of benzene rings is 1. The quantitative estimate of drug-likeness (QED) is 0.267. The van der Waals surface area contributed by atoms with E-state index in [9.17, 15) is 19.7 Å². The van der Waals surface area contributed by atoms with Gasteiger partial charge in [0.05, 0.1) is 11.3 Å². The molecule has 0 heterocycles. The lowest BCUT2D eigenvalue weighted by molar-refractivity contribution is -0.385. The number of esters is 1. The summed E-state index contributed by atoms with van der Waals surface area (Å²) in [5.74, 6) is -0.726. The number of carbonyl (C=O) groups excluding carboxylic acids is 2. The van der Waals surface area contributed by atoms with E-state index in [1.54, 1.807) is 6.07 Å². The lowest BCUT2D eigenvalue weighted by atomic mass is 10.1. The molecule has 0 radical (unpaired) electrons. The number of nitro benzene ring substituents is 1. The summed E-state index contributed by atoms with van der Waals surface area (Å²) in [6.45, 7) is 2.80. The summed E-state index contributed by atoms with van der Waals surface area (Å²) in [7, 11) is 0. The molecule has 0 spiro atoms. The van der Waals surface area contributed by atoms with Crippen LogP contribution in [-0.2, 0) is 20.7 Å². The maximum Gasteiger partial charge on any atom is 0.315 e. The molecule has 0 saturated heterocycles. The smallest absolute Gasteiger partial charge is 0.315 e. The number of ether oxygens (including phenoxy) is 1. The fraction of sp³-hybridized carbons (Fsp3) is 0.231. The van der Waals surface area contributed by atoms with E-state index in [4.69, 9.17) is 4.74 Å². The minimum Gasteiger partial charge on any atom is -0.431 e. The Labute approximate surface area is 109 Å². The highest BCUT2D eigenvalue weighted by atomic mass is 16.6. The number of para-hydroxylation sites is 1. The molecule has 0 aliphatic heterocycles. The predicted octanol–water partition coefficient (Wildman–Crippen LogP) is 2.17. The monoisotopic (exact) mass is 263 g/mol. The zero-order valence-corrected chi connectivity index (χ0v) is 10.6. The first-order valence-corrected chi connectivity index (χ1v) is 5.52. The van der Waals surface area contributed by atoms with Crippen molar-refractivity contribution in [2.45, 2.75) is 20.3 Å². The average molecular weight is 263 g/mol. The Bertz CT molecular complexity index is 548. The van der Waals surface area contributed by atoms with Crippen LogP contribution in [0.2, 0.25) is 0 Å². The van der Waals surface area contributed by atoms with Crippen molar-refractivity contribution in [3.05, 3.63) is 51.8 Å². The molecule has 0 aliphatic carbocycles. The van der Waals surface area contributed by atoms with Crippen molar-refractivity contribution in [2.24, 2.45) is 0 Å². The molecule has 6 nitrogen and oxygen atoms in total. The van der Waals surface area contributed by atoms with Crippen molar-refractivity contribution in [2.75, 3.05) is 0 Å². The van der Waals surface area contributed by atoms with E-state index in [0.29, 0.717) is 0 Å². The molecule has 1 rings (SSSR count). The topological polar surface area (TPSA) is 86.5 Å². The fourth-order valence-electron chi connectivity index (χ4n) is 1.53. The lowest BCUT2D eigenvalue weighted by Crippen LogP contribution is -2.09. The van der Waals surface area contributed by atoms with Crippen molar-refractivity contribution in [1.29, 1.82) is 0 Å². The molecule has 0 aromatic heterocycles. The van der Waals surface area contributed by atoms with Gasteiger partial charge in [0.1, 0.15) is 5.76 Å². The second kappa shape index (κ2) is 6.44. The molecule has 0 unspecified atom stereocenters. The first-order chi connectivity index (χ1) is 8.90. The van der Waals surface area contributed by atoms with Crippen LogP contribution in [0.3, 0.4) is 0 Å². The highest BCUT2D eigenvalue weighted by Crippen LogP contribution is 2.18. The van der Waals surface area contributed by atoms with Gasteiger partial charge in [0.2, 0.25) is 0 Å². The van der Waals surface area contributed by atoms with Crippen molar-refractivity contribution in [3.63, 3.8) is 0 Å². The summed E-state index contributed by atoms with van der Waals surface area (Å²) in [5.41, 5.74) is 0.140. The third-order valence-electron chi connectivity index (χ3n) is 2.20. The Morgan fingerprint density at radius 2 is 1.95 bits per heavy atom. The first kappa shape index (κ1) is 14.6. The van der Waals surface area contributed by atoms with Gasteiger partial charge in [0, 0.05) is 17.7 Å². The van der Waals surface area contributed by atoms with Crippen LogP contribution in [-0.4, -0.2) is 16.7 Å². The number of carbonyl (C=O) groups is 2. The van der Waals surface area contributed by atoms with Crippen molar-refractivity contribution >= 4 is 17.4 Å². The Morgan fingerprint density at radius 3 is 2.53 bits per heavy atom. The summed E-state index contributed by atoms with van der Waals surface area (Å²) in [4.78, 5) is 32.6. The SMILES string of the molecule is CC(=O)C=C(C)OC(=O)Cc1ccccc1[N+](=O)[O-]. The molecule has 0 bridgehead atoms. The molecule has 0 saturated carbocycles. The van der Waals surface area contributed by atoms with E-state index in [1.807, 2.05) is 0 Å². The number of nitrogens with zero attached hydrogens (tertiary/aromatic N) is 1. The van der Waals surface area contributed by atoms with Crippen LogP contribution in [0.15, 0.2) is 36.1 Å². The van der Waals surface area contributed by atoms with Crippen LogP contribution >= 0.6 is 0 Å². The molecule has 0 fully saturated rings. The van der Waals surface area contributed by atoms with Gasteiger partial charge in [0.25, 0.3) is 5.69 Å². The Kier molecular flexibility index (Phi) is 4.93. The van der Waals surface area contributed by atoms with Gasteiger partial charge >= 0.3 is 5.97 Å². The van der Waals surface area contributed by atoms with Crippen LogP contribution in [0.25, 0.3) is 0 Å². The molecule has 0 N–H and O–H groups in total. The second-order valence-corrected chi connectivity index (χ2v) is 3.90. The Balaban J connectivity index is 2.78. The highest BCUT2D eigenvalue weighted by Gasteiger charge is 2.16. The number of hydrogen-bond acceptors (Lipinski definition) is 5. The Hall–Kier alpha value is -2.50. The van der Waals surface area contributed by atoms with E-state index in [-0.39, 0.29) is 29.2 Å². The predicted molar refractivity (Wildman–Crippen MR) is 67.3 cm³/mol. The fourth-order valence-corrected chi connectivity index (χ4v) is 1.53. The molecular formula is C13H13NO5. The van der Waals surface area contributed by atoms with Gasteiger partial charge in [-0.25, -0.2) is 0 Å². The van der Waals surface area contributed by atoms with Crippen molar-refractivity contribution in [1.82, 2.24) is 0 Å². The molecule has 1 aromatic rings. The van der Waals surface area contributed by atoms with Crippen molar-refractivity contribution in [3.8, 4) is 0 Å². The first-order valence-electron chi connectivity index (χ1n) is 5.52. The van der Waals surface area contributed by atoms with Crippen molar-refractivity contribution < 1.29 is 19.2 Å². The highest BCUT2D eigenvalue weighted by molar-refractivity contribution is 5.88. The third-order valence-corrected chi connectivity index (χ3v) is 2.20. The Morgan fingerprint density at radius 1 is 1.32 bits per heavy atom. The average Bonchev–Trinajstić information content (AvgIpc) is 2.27. The number of rotatable bonds is 5. The normalized spacial score (nSPS) is 10.9. The number of hydrogen-bond donors (Lipinski definition) is 0.